The zero-order valence-corrected chi connectivity index (χ0v) is 12.7. The summed E-state index contributed by atoms with van der Waals surface area (Å²) in [5.41, 5.74) is 1.21. The van der Waals surface area contributed by atoms with Gasteiger partial charge in [0.2, 0.25) is 0 Å². The predicted octanol–water partition coefficient (Wildman–Crippen LogP) is 3.70. The molecule has 1 atom stereocenters. The molecule has 1 aromatic carbocycles. The summed E-state index contributed by atoms with van der Waals surface area (Å²) in [7, 11) is 0. The maximum absolute atomic E-state index is 6.01. The van der Waals surface area contributed by atoms with Crippen molar-refractivity contribution in [1.29, 1.82) is 0 Å². The Kier molecular flexibility index (Phi) is 6.34. The van der Waals surface area contributed by atoms with Crippen molar-refractivity contribution >= 4 is 0 Å². The lowest BCUT2D eigenvalue weighted by atomic mass is 9.96. The Morgan fingerprint density at radius 3 is 2.70 bits per heavy atom. The molecular weight excluding hydrogens is 250 g/mol. The van der Waals surface area contributed by atoms with Gasteiger partial charge in [-0.25, -0.2) is 0 Å². The van der Waals surface area contributed by atoms with Crippen molar-refractivity contribution in [2.75, 3.05) is 19.8 Å². The minimum absolute atomic E-state index is 0.221. The van der Waals surface area contributed by atoms with Crippen molar-refractivity contribution in [3.63, 3.8) is 0 Å². The Balaban J connectivity index is 2.03. The molecule has 1 aliphatic carbocycles. The first-order valence-corrected chi connectivity index (χ1v) is 7.91. The van der Waals surface area contributed by atoms with E-state index in [9.17, 15) is 0 Å². The molecule has 1 saturated carbocycles. The monoisotopic (exact) mass is 277 g/mol. The zero-order chi connectivity index (χ0) is 14.2. The van der Waals surface area contributed by atoms with Gasteiger partial charge in [-0.05, 0) is 45.2 Å². The Hall–Kier alpha value is -1.06. The molecule has 0 bridgehead atoms. The molecule has 20 heavy (non-hydrogen) atoms. The first kappa shape index (κ1) is 15.3. The first-order valence-electron chi connectivity index (χ1n) is 7.91. The highest BCUT2D eigenvalue weighted by Crippen LogP contribution is 2.28. The molecule has 1 fully saturated rings. The summed E-state index contributed by atoms with van der Waals surface area (Å²) in [5.74, 6) is 0.973. The van der Waals surface area contributed by atoms with Gasteiger partial charge >= 0.3 is 0 Å². The van der Waals surface area contributed by atoms with Gasteiger partial charge in [0.15, 0.2) is 0 Å². The molecule has 0 saturated heterocycles. The van der Waals surface area contributed by atoms with Crippen LogP contribution in [0.1, 0.15) is 51.1 Å². The largest absolute Gasteiger partial charge is 0.494 e. The molecule has 2 rings (SSSR count). The summed E-state index contributed by atoms with van der Waals surface area (Å²) < 4.78 is 11.8. The molecule has 1 N–H and O–H groups in total. The second-order valence-corrected chi connectivity index (χ2v) is 5.36. The smallest absolute Gasteiger partial charge is 0.124 e. The maximum atomic E-state index is 6.01. The minimum atomic E-state index is 0.221. The highest BCUT2D eigenvalue weighted by atomic mass is 16.5. The quantitative estimate of drug-likeness (QED) is 0.746. The van der Waals surface area contributed by atoms with Crippen molar-refractivity contribution in [2.45, 2.75) is 51.7 Å². The highest BCUT2D eigenvalue weighted by molar-refractivity contribution is 5.36. The van der Waals surface area contributed by atoms with E-state index < -0.39 is 0 Å². The Morgan fingerprint density at radius 2 is 2.05 bits per heavy atom. The van der Waals surface area contributed by atoms with E-state index in [-0.39, 0.29) is 6.04 Å². The zero-order valence-electron chi connectivity index (χ0n) is 12.7. The molecule has 0 aliphatic heterocycles. The van der Waals surface area contributed by atoms with Gasteiger partial charge in [-0.2, -0.15) is 0 Å². The van der Waals surface area contributed by atoms with Crippen LogP contribution in [0.3, 0.4) is 0 Å². The molecule has 0 heterocycles. The number of rotatable bonds is 9. The topological polar surface area (TPSA) is 30.5 Å². The number of hydrogen-bond donors (Lipinski definition) is 1. The lowest BCUT2D eigenvalue weighted by Gasteiger charge is -2.29. The minimum Gasteiger partial charge on any atom is -0.494 e. The second kappa shape index (κ2) is 8.28. The van der Waals surface area contributed by atoms with Crippen LogP contribution in [0.5, 0.6) is 5.75 Å². The second-order valence-electron chi connectivity index (χ2n) is 5.36. The summed E-state index contributed by atoms with van der Waals surface area (Å²) in [6.07, 6.45) is 5.34. The lowest BCUT2D eigenvalue weighted by Crippen LogP contribution is -2.31. The summed E-state index contributed by atoms with van der Waals surface area (Å²) in [5, 5.41) is 3.58. The summed E-state index contributed by atoms with van der Waals surface area (Å²) in [4.78, 5) is 0. The lowest BCUT2D eigenvalue weighted by molar-refractivity contribution is -0.00904. The third-order valence-corrected chi connectivity index (χ3v) is 3.79. The van der Waals surface area contributed by atoms with E-state index in [2.05, 4.69) is 24.4 Å². The van der Waals surface area contributed by atoms with E-state index in [1.54, 1.807) is 0 Å². The fourth-order valence-electron chi connectivity index (χ4n) is 2.40. The van der Waals surface area contributed by atoms with Crippen LogP contribution in [0.4, 0.5) is 0 Å². The fraction of sp³-hybridized carbons (Fsp3) is 0.647. The van der Waals surface area contributed by atoms with Crippen LogP contribution in [-0.4, -0.2) is 25.9 Å². The first-order chi connectivity index (χ1) is 9.85. The van der Waals surface area contributed by atoms with Crippen LogP contribution in [0.25, 0.3) is 0 Å². The number of ether oxygens (including phenoxy) is 2. The van der Waals surface area contributed by atoms with E-state index in [1.807, 2.05) is 19.1 Å². The molecule has 1 aliphatic rings. The standard InChI is InChI=1S/C17H27NO2/c1-3-12-18-16(13-20-14-8-7-9-14)15-10-5-6-11-17(15)19-4-2/h5-6,10-11,14,16,18H,3-4,7-9,12-13H2,1-2H3. The van der Waals surface area contributed by atoms with Crippen LogP contribution in [0.15, 0.2) is 24.3 Å². The molecular formula is C17H27NO2. The van der Waals surface area contributed by atoms with Gasteiger partial charge in [0.25, 0.3) is 0 Å². The van der Waals surface area contributed by atoms with E-state index in [1.165, 1.54) is 24.8 Å². The summed E-state index contributed by atoms with van der Waals surface area (Å²) in [6, 6.07) is 8.50. The van der Waals surface area contributed by atoms with Crippen LogP contribution in [0.2, 0.25) is 0 Å². The molecule has 1 unspecified atom stereocenters. The van der Waals surface area contributed by atoms with E-state index >= 15 is 0 Å². The number of para-hydroxylation sites is 1. The molecule has 3 nitrogen and oxygen atoms in total. The van der Waals surface area contributed by atoms with E-state index in [0.29, 0.717) is 12.7 Å². The van der Waals surface area contributed by atoms with Crippen molar-refractivity contribution in [2.24, 2.45) is 0 Å². The van der Waals surface area contributed by atoms with Gasteiger partial charge in [0.05, 0.1) is 25.4 Å². The summed E-state index contributed by atoms with van der Waals surface area (Å²) in [6.45, 7) is 6.64. The van der Waals surface area contributed by atoms with Crippen molar-refractivity contribution in [1.82, 2.24) is 5.32 Å². The molecule has 1 aromatic rings. The van der Waals surface area contributed by atoms with Gasteiger partial charge in [-0.1, -0.05) is 25.1 Å². The third kappa shape index (κ3) is 4.22. The Labute approximate surface area is 122 Å². The van der Waals surface area contributed by atoms with Crippen molar-refractivity contribution in [3.8, 4) is 5.75 Å². The predicted molar refractivity (Wildman–Crippen MR) is 82.2 cm³/mol. The van der Waals surface area contributed by atoms with Gasteiger partial charge in [0, 0.05) is 5.56 Å². The van der Waals surface area contributed by atoms with Crippen LogP contribution in [0, 0.1) is 0 Å². The number of benzene rings is 1. The van der Waals surface area contributed by atoms with Crippen LogP contribution in [-0.2, 0) is 4.74 Å². The highest BCUT2D eigenvalue weighted by Gasteiger charge is 2.21. The van der Waals surface area contributed by atoms with Crippen molar-refractivity contribution in [3.05, 3.63) is 29.8 Å². The Bertz CT molecular complexity index is 390. The van der Waals surface area contributed by atoms with Gasteiger partial charge < -0.3 is 14.8 Å². The van der Waals surface area contributed by atoms with Crippen LogP contribution >= 0.6 is 0 Å². The van der Waals surface area contributed by atoms with Gasteiger partial charge in [0.1, 0.15) is 5.75 Å². The Morgan fingerprint density at radius 1 is 1.25 bits per heavy atom. The SMILES string of the molecule is CCCNC(COC1CCC1)c1ccccc1OCC. The third-order valence-electron chi connectivity index (χ3n) is 3.79. The molecule has 0 spiro atoms. The average Bonchev–Trinajstić information content (AvgIpc) is 2.42. The summed E-state index contributed by atoms with van der Waals surface area (Å²) >= 11 is 0. The number of nitrogens with one attached hydrogen (secondary N) is 1. The fourth-order valence-corrected chi connectivity index (χ4v) is 2.40. The van der Waals surface area contributed by atoms with Crippen molar-refractivity contribution < 1.29 is 9.47 Å². The van der Waals surface area contributed by atoms with E-state index in [0.717, 1.165) is 25.3 Å². The van der Waals surface area contributed by atoms with E-state index in [4.69, 9.17) is 9.47 Å². The average molecular weight is 277 g/mol. The molecule has 0 radical (unpaired) electrons. The molecule has 112 valence electrons. The molecule has 0 aromatic heterocycles. The maximum Gasteiger partial charge on any atom is 0.124 e. The molecule has 0 amide bonds. The molecule has 3 heteroatoms. The van der Waals surface area contributed by atoms with Gasteiger partial charge in [-0.3, -0.25) is 0 Å². The van der Waals surface area contributed by atoms with Gasteiger partial charge in [-0.15, -0.1) is 0 Å². The number of hydrogen-bond acceptors (Lipinski definition) is 3. The normalized spacial score (nSPS) is 16.7. The van der Waals surface area contributed by atoms with Crippen LogP contribution < -0.4 is 10.1 Å².